The van der Waals surface area contributed by atoms with Gasteiger partial charge in [0.1, 0.15) is 6.54 Å². The van der Waals surface area contributed by atoms with E-state index < -0.39 is 0 Å². The number of hydrogen-bond donors (Lipinski definition) is 1. The van der Waals surface area contributed by atoms with Crippen LogP contribution in [0.5, 0.6) is 0 Å². The van der Waals surface area contributed by atoms with Crippen molar-refractivity contribution >= 4 is 12.0 Å². The molecule has 0 heterocycles. The molecule has 5 nitrogen and oxygen atoms in total. The van der Waals surface area contributed by atoms with Gasteiger partial charge in [-0.1, -0.05) is 25.5 Å². The van der Waals surface area contributed by atoms with Crippen LogP contribution in [-0.4, -0.2) is 42.6 Å². The second kappa shape index (κ2) is 10.0. The number of unbranched alkanes of at least 4 members (excludes halogenated alkanes) is 1. The third-order valence-corrected chi connectivity index (χ3v) is 3.64. The van der Waals surface area contributed by atoms with Crippen molar-refractivity contribution in [1.82, 2.24) is 10.2 Å². The van der Waals surface area contributed by atoms with Crippen LogP contribution in [0.3, 0.4) is 0 Å². The summed E-state index contributed by atoms with van der Waals surface area (Å²) in [4.78, 5) is 25.5. The Morgan fingerprint density at radius 2 is 2.09 bits per heavy atom. The minimum absolute atomic E-state index is 0.0486. The van der Waals surface area contributed by atoms with Crippen molar-refractivity contribution in [3.8, 4) is 0 Å². The Kier molecular flexibility index (Phi) is 8.33. The highest BCUT2D eigenvalue weighted by Crippen LogP contribution is 2.34. The standard InChI is InChI=1S/C17H28N2O3/c1-4-7-12-22-16(20)13-19(11-6-3)17(21)18-15(8-5-2)14-9-10-14/h5-6,14-15H,2-4,7-13H2,1H3,(H,18,21). The van der Waals surface area contributed by atoms with Gasteiger partial charge in [-0.05, 0) is 31.6 Å². The van der Waals surface area contributed by atoms with E-state index in [0.29, 0.717) is 19.1 Å². The number of amides is 2. The molecule has 1 atom stereocenters. The summed E-state index contributed by atoms with van der Waals surface area (Å²) in [6.07, 6.45) is 8.26. The number of hydrogen-bond acceptors (Lipinski definition) is 3. The topological polar surface area (TPSA) is 58.6 Å². The summed E-state index contributed by atoms with van der Waals surface area (Å²) < 4.78 is 5.11. The third-order valence-electron chi connectivity index (χ3n) is 3.64. The van der Waals surface area contributed by atoms with Crippen molar-refractivity contribution in [3.63, 3.8) is 0 Å². The fourth-order valence-electron chi connectivity index (χ4n) is 2.20. The largest absolute Gasteiger partial charge is 0.464 e. The molecule has 0 saturated heterocycles. The zero-order valence-electron chi connectivity index (χ0n) is 13.6. The third kappa shape index (κ3) is 6.78. The van der Waals surface area contributed by atoms with E-state index in [9.17, 15) is 9.59 Å². The minimum atomic E-state index is -0.378. The maximum absolute atomic E-state index is 12.3. The molecule has 2 amide bonds. The van der Waals surface area contributed by atoms with Gasteiger partial charge in [-0.3, -0.25) is 4.79 Å². The molecule has 0 spiro atoms. The van der Waals surface area contributed by atoms with Crippen LogP contribution in [0.15, 0.2) is 25.3 Å². The van der Waals surface area contributed by atoms with Gasteiger partial charge in [0.2, 0.25) is 0 Å². The van der Waals surface area contributed by atoms with E-state index in [2.05, 4.69) is 18.5 Å². The number of nitrogens with zero attached hydrogens (tertiary/aromatic N) is 1. The average molecular weight is 308 g/mol. The van der Waals surface area contributed by atoms with Crippen molar-refractivity contribution in [3.05, 3.63) is 25.3 Å². The van der Waals surface area contributed by atoms with Crippen LogP contribution in [-0.2, 0) is 9.53 Å². The lowest BCUT2D eigenvalue weighted by Gasteiger charge is -2.24. The maximum Gasteiger partial charge on any atom is 0.325 e. The molecule has 124 valence electrons. The zero-order valence-corrected chi connectivity index (χ0v) is 13.6. The smallest absolute Gasteiger partial charge is 0.325 e. The number of carbonyl (C=O) groups excluding carboxylic acids is 2. The van der Waals surface area contributed by atoms with Crippen LogP contribution in [0.2, 0.25) is 0 Å². The molecule has 0 aliphatic heterocycles. The first kappa shape index (κ1) is 18.3. The van der Waals surface area contributed by atoms with Gasteiger partial charge < -0.3 is 15.0 Å². The number of nitrogens with one attached hydrogen (secondary N) is 1. The highest BCUT2D eigenvalue weighted by Gasteiger charge is 2.32. The Balaban J connectivity index is 2.48. The molecule has 22 heavy (non-hydrogen) atoms. The Hall–Kier alpha value is -1.78. The maximum atomic E-state index is 12.3. The second-order valence-electron chi connectivity index (χ2n) is 5.66. The minimum Gasteiger partial charge on any atom is -0.464 e. The number of urea groups is 1. The molecule has 1 unspecified atom stereocenters. The van der Waals surface area contributed by atoms with Crippen LogP contribution >= 0.6 is 0 Å². The van der Waals surface area contributed by atoms with E-state index in [-0.39, 0.29) is 24.6 Å². The predicted octanol–water partition coefficient (Wildman–Crippen LogP) is 2.88. The Labute approximate surface area is 133 Å². The summed E-state index contributed by atoms with van der Waals surface area (Å²) in [5, 5.41) is 3.00. The number of carbonyl (C=O) groups is 2. The molecule has 1 N–H and O–H groups in total. The van der Waals surface area contributed by atoms with E-state index >= 15 is 0 Å². The fraction of sp³-hybridized carbons (Fsp3) is 0.647. The van der Waals surface area contributed by atoms with Crippen LogP contribution in [0.4, 0.5) is 4.79 Å². The van der Waals surface area contributed by atoms with Crippen molar-refractivity contribution in [2.24, 2.45) is 5.92 Å². The molecule has 0 bridgehead atoms. The van der Waals surface area contributed by atoms with Gasteiger partial charge in [0.05, 0.1) is 6.61 Å². The van der Waals surface area contributed by atoms with Gasteiger partial charge in [0, 0.05) is 12.6 Å². The second-order valence-corrected chi connectivity index (χ2v) is 5.66. The number of rotatable bonds is 11. The van der Waals surface area contributed by atoms with Crippen LogP contribution < -0.4 is 5.32 Å². The summed E-state index contributed by atoms with van der Waals surface area (Å²) in [5.41, 5.74) is 0. The Morgan fingerprint density at radius 3 is 2.64 bits per heavy atom. The molecule has 1 saturated carbocycles. The van der Waals surface area contributed by atoms with E-state index in [4.69, 9.17) is 4.74 Å². The number of ether oxygens (including phenoxy) is 1. The first-order valence-corrected chi connectivity index (χ1v) is 8.05. The molecule has 1 rings (SSSR count). The molecule has 1 aliphatic carbocycles. The molecular formula is C17H28N2O3. The van der Waals surface area contributed by atoms with Crippen molar-refractivity contribution in [2.75, 3.05) is 19.7 Å². The van der Waals surface area contributed by atoms with Gasteiger partial charge in [-0.15, -0.1) is 13.2 Å². The lowest BCUT2D eigenvalue weighted by Crippen LogP contribution is -2.47. The Morgan fingerprint density at radius 1 is 1.36 bits per heavy atom. The summed E-state index contributed by atoms with van der Waals surface area (Å²) >= 11 is 0. The van der Waals surface area contributed by atoms with Crippen LogP contribution in [0, 0.1) is 5.92 Å². The van der Waals surface area contributed by atoms with Gasteiger partial charge in [0.25, 0.3) is 0 Å². The average Bonchev–Trinajstić information content (AvgIpc) is 3.31. The fourth-order valence-corrected chi connectivity index (χ4v) is 2.20. The van der Waals surface area contributed by atoms with E-state index in [1.807, 2.05) is 13.0 Å². The molecule has 0 aromatic carbocycles. The molecule has 1 aliphatic rings. The zero-order chi connectivity index (χ0) is 16.4. The monoisotopic (exact) mass is 308 g/mol. The summed E-state index contributed by atoms with van der Waals surface area (Å²) in [6.45, 7) is 10.1. The molecule has 5 heteroatoms. The lowest BCUT2D eigenvalue weighted by molar-refractivity contribution is -0.144. The van der Waals surface area contributed by atoms with Crippen LogP contribution in [0.25, 0.3) is 0 Å². The van der Waals surface area contributed by atoms with E-state index in [1.54, 1.807) is 6.08 Å². The number of esters is 1. The SMILES string of the molecule is C=CCC(NC(=O)N(CC=C)CC(=O)OCCCC)C1CC1. The van der Waals surface area contributed by atoms with E-state index in [0.717, 1.165) is 32.1 Å². The van der Waals surface area contributed by atoms with Crippen molar-refractivity contribution < 1.29 is 14.3 Å². The molecular weight excluding hydrogens is 280 g/mol. The quantitative estimate of drug-likeness (QED) is 0.363. The van der Waals surface area contributed by atoms with Gasteiger partial charge in [-0.25, -0.2) is 4.79 Å². The van der Waals surface area contributed by atoms with Gasteiger partial charge >= 0.3 is 12.0 Å². The van der Waals surface area contributed by atoms with E-state index in [1.165, 1.54) is 4.90 Å². The summed E-state index contributed by atoms with van der Waals surface area (Å²) in [6, 6.07) is -0.139. The summed E-state index contributed by atoms with van der Waals surface area (Å²) in [7, 11) is 0. The highest BCUT2D eigenvalue weighted by atomic mass is 16.5. The predicted molar refractivity (Wildman–Crippen MR) is 87.5 cm³/mol. The van der Waals surface area contributed by atoms with Crippen molar-refractivity contribution in [2.45, 2.75) is 45.1 Å². The first-order valence-electron chi connectivity index (χ1n) is 8.05. The van der Waals surface area contributed by atoms with Crippen LogP contribution in [0.1, 0.15) is 39.0 Å². The first-order chi connectivity index (χ1) is 10.6. The van der Waals surface area contributed by atoms with Crippen molar-refractivity contribution in [1.29, 1.82) is 0 Å². The summed E-state index contributed by atoms with van der Waals surface area (Å²) in [5.74, 6) is 0.154. The molecule has 0 aromatic rings. The molecule has 0 aromatic heterocycles. The normalized spacial score (nSPS) is 14.8. The highest BCUT2D eigenvalue weighted by molar-refractivity contribution is 5.81. The molecule has 0 radical (unpaired) electrons. The van der Waals surface area contributed by atoms with Gasteiger partial charge in [-0.2, -0.15) is 0 Å². The molecule has 1 fully saturated rings. The Bertz CT molecular complexity index is 391. The van der Waals surface area contributed by atoms with Gasteiger partial charge in [0.15, 0.2) is 0 Å². The lowest BCUT2D eigenvalue weighted by atomic mass is 10.1.